The van der Waals surface area contributed by atoms with Gasteiger partial charge < -0.3 is 0 Å². The van der Waals surface area contributed by atoms with Crippen LogP contribution in [0.15, 0.2) is 36.4 Å². The normalized spacial score (nSPS) is 11.3. The topological polar surface area (TPSA) is 0 Å². The van der Waals surface area contributed by atoms with Gasteiger partial charge in [-0.1, -0.05) is 42.5 Å². The van der Waals surface area contributed by atoms with E-state index in [1.807, 2.05) is 29.6 Å². The molecule has 0 amide bonds. The molecular formula is C11H14S2. The largest absolute Gasteiger partial charge is 0.147 e. The second kappa shape index (κ2) is 6.17. The highest BCUT2D eigenvalue weighted by Gasteiger charge is 1.96. The highest BCUT2D eigenvalue weighted by Crippen LogP contribution is 2.20. The van der Waals surface area contributed by atoms with E-state index < -0.39 is 0 Å². The van der Waals surface area contributed by atoms with Crippen LogP contribution < -0.4 is 0 Å². The molecule has 0 aromatic heterocycles. The van der Waals surface area contributed by atoms with Crippen LogP contribution in [0.4, 0.5) is 0 Å². The molecule has 0 fully saturated rings. The molecule has 1 aromatic rings. The van der Waals surface area contributed by atoms with Crippen LogP contribution in [-0.2, 0) is 0 Å². The van der Waals surface area contributed by atoms with Crippen molar-refractivity contribution in [2.75, 3.05) is 12.5 Å². The van der Waals surface area contributed by atoms with Crippen LogP contribution in [0, 0.1) is 0 Å². The fraction of sp³-hybridized carbons (Fsp3) is 0.273. The molecule has 2 heteroatoms. The molecular weight excluding hydrogens is 196 g/mol. The van der Waals surface area contributed by atoms with E-state index in [1.54, 1.807) is 0 Å². The standard InChI is InChI=1S/C11H14S2/c1-12-11(13-2)9-8-10-6-4-3-5-7-10/h3-9,11H,1-2H3/b9-8+. The molecule has 0 heterocycles. The fourth-order valence-electron chi connectivity index (χ4n) is 1.01. The zero-order valence-corrected chi connectivity index (χ0v) is 9.57. The second-order valence-corrected chi connectivity index (χ2v) is 4.87. The van der Waals surface area contributed by atoms with Crippen LogP contribution in [0.3, 0.4) is 0 Å². The first-order chi connectivity index (χ1) is 6.36. The summed E-state index contributed by atoms with van der Waals surface area (Å²) >= 11 is 3.73. The molecule has 0 spiro atoms. The van der Waals surface area contributed by atoms with Gasteiger partial charge in [-0.2, -0.15) is 0 Å². The summed E-state index contributed by atoms with van der Waals surface area (Å²) in [5.41, 5.74) is 1.27. The third-order valence-electron chi connectivity index (χ3n) is 1.71. The van der Waals surface area contributed by atoms with Gasteiger partial charge in [0.25, 0.3) is 0 Å². The molecule has 0 saturated carbocycles. The molecule has 0 aliphatic carbocycles. The monoisotopic (exact) mass is 210 g/mol. The maximum absolute atomic E-state index is 2.24. The van der Waals surface area contributed by atoms with Gasteiger partial charge in [-0.05, 0) is 18.1 Å². The first kappa shape index (κ1) is 10.7. The fourth-order valence-corrected chi connectivity index (χ4v) is 2.25. The summed E-state index contributed by atoms with van der Waals surface area (Å²) in [6.07, 6.45) is 8.69. The molecule has 0 saturated heterocycles. The van der Waals surface area contributed by atoms with E-state index in [1.165, 1.54) is 5.56 Å². The first-order valence-corrected chi connectivity index (χ1v) is 6.73. The summed E-state index contributed by atoms with van der Waals surface area (Å²) < 4.78 is 0.570. The molecule has 0 unspecified atom stereocenters. The highest BCUT2D eigenvalue weighted by atomic mass is 32.2. The van der Waals surface area contributed by atoms with Crippen LogP contribution in [-0.4, -0.2) is 17.1 Å². The van der Waals surface area contributed by atoms with Crippen molar-refractivity contribution >= 4 is 29.6 Å². The molecule has 0 aliphatic heterocycles. The Bertz CT molecular complexity index is 250. The molecule has 13 heavy (non-hydrogen) atoms. The van der Waals surface area contributed by atoms with Crippen molar-refractivity contribution in [3.05, 3.63) is 42.0 Å². The second-order valence-electron chi connectivity index (χ2n) is 2.61. The van der Waals surface area contributed by atoms with Crippen LogP contribution >= 0.6 is 23.5 Å². The van der Waals surface area contributed by atoms with E-state index in [2.05, 4.69) is 48.9 Å². The molecule has 0 N–H and O–H groups in total. The van der Waals surface area contributed by atoms with Gasteiger partial charge in [-0.3, -0.25) is 0 Å². The zero-order valence-electron chi connectivity index (χ0n) is 7.94. The Morgan fingerprint density at radius 2 is 1.69 bits per heavy atom. The van der Waals surface area contributed by atoms with Crippen LogP contribution in [0.5, 0.6) is 0 Å². The maximum Gasteiger partial charge on any atom is 0.0679 e. The maximum atomic E-state index is 2.24. The van der Waals surface area contributed by atoms with Crippen molar-refractivity contribution in [3.8, 4) is 0 Å². The first-order valence-electron chi connectivity index (χ1n) is 4.15. The lowest BCUT2D eigenvalue weighted by atomic mass is 10.2. The quantitative estimate of drug-likeness (QED) is 0.694. The Labute approximate surface area is 88.8 Å². The van der Waals surface area contributed by atoms with E-state index in [-0.39, 0.29) is 0 Å². The summed E-state index contributed by atoms with van der Waals surface area (Å²) in [4.78, 5) is 0. The lowest BCUT2D eigenvalue weighted by Gasteiger charge is -2.03. The van der Waals surface area contributed by atoms with E-state index in [0.717, 1.165) is 0 Å². The predicted octanol–water partition coefficient (Wildman–Crippen LogP) is 3.75. The van der Waals surface area contributed by atoms with Crippen molar-refractivity contribution in [1.82, 2.24) is 0 Å². The molecule has 1 aromatic carbocycles. The van der Waals surface area contributed by atoms with E-state index in [0.29, 0.717) is 4.58 Å². The Balaban J connectivity index is 2.57. The Hall–Kier alpha value is -0.340. The average Bonchev–Trinajstić information content (AvgIpc) is 2.21. The van der Waals surface area contributed by atoms with E-state index in [9.17, 15) is 0 Å². The third kappa shape index (κ3) is 3.92. The molecule has 0 radical (unpaired) electrons. The minimum Gasteiger partial charge on any atom is -0.147 e. The summed E-state index contributed by atoms with van der Waals surface area (Å²) in [5, 5.41) is 0. The smallest absolute Gasteiger partial charge is 0.0679 e. The van der Waals surface area contributed by atoms with Crippen LogP contribution in [0.25, 0.3) is 6.08 Å². The lowest BCUT2D eigenvalue weighted by Crippen LogP contribution is -1.87. The number of rotatable bonds is 4. The summed E-state index contributed by atoms with van der Waals surface area (Å²) in [5.74, 6) is 0. The minimum atomic E-state index is 0.570. The van der Waals surface area contributed by atoms with Crippen molar-refractivity contribution in [1.29, 1.82) is 0 Å². The van der Waals surface area contributed by atoms with Gasteiger partial charge in [0.05, 0.1) is 4.58 Å². The molecule has 1 rings (SSSR count). The molecule has 0 aliphatic rings. The van der Waals surface area contributed by atoms with Crippen molar-refractivity contribution < 1.29 is 0 Å². The zero-order chi connectivity index (χ0) is 9.52. The van der Waals surface area contributed by atoms with Crippen LogP contribution in [0.2, 0.25) is 0 Å². The number of thioether (sulfide) groups is 2. The molecule has 0 bridgehead atoms. The Kier molecular flexibility index (Phi) is 5.09. The van der Waals surface area contributed by atoms with Crippen molar-refractivity contribution in [2.45, 2.75) is 4.58 Å². The number of hydrogen-bond donors (Lipinski definition) is 0. The highest BCUT2D eigenvalue weighted by molar-refractivity contribution is 8.16. The van der Waals surface area contributed by atoms with Crippen molar-refractivity contribution in [2.24, 2.45) is 0 Å². The summed E-state index contributed by atoms with van der Waals surface area (Å²) in [7, 11) is 0. The van der Waals surface area contributed by atoms with Gasteiger partial charge in [-0.15, -0.1) is 23.5 Å². The molecule has 70 valence electrons. The summed E-state index contributed by atoms with van der Waals surface area (Å²) in [6, 6.07) is 10.4. The Morgan fingerprint density at radius 3 is 2.23 bits per heavy atom. The lowest BCUT2D eigenvalue weighted by molar-refractivity contribution is 1.62. The van der Waals surface area contributed by atoms with Gasteiger partial charge in [0.15, 0.2) is 0 Å². The van der Waals surface area contributed by atoms with Gasteiger partial charge in [0.2, 0.25) is 0 Å². The number of benzene rings is 1. The van der Waals surface area contributed by atoms with Crippen LogP contribution in [0.1, 0.15) is 5.56 Å². The Morgan fingerprint density at radius 1 is 1.08 bits per heavy atom. The SMILES string of the molecule is CSC(/C=C/c1ccccc1)SC. The van der Waals surface area contributed by atoms with Gasteiger partial charge in [0.1, 0.15) is 0 Å². The molecule has 0 nitrogen and oxygen atoms in total. The van der Waals surface area contributed by atoms with Gasteiger partial charge in [-0.25, -0.2) is 0 Å². The van der Waals surface area contributed by atoms with E-state index >= 15 is 0 Å². The summed E-state index contributed by atoms with van der Waals surface area (Å²) in [6.45, 7) is 0. The van der Waals surface area contributed by atoms with E-state index in [4.69, 9.17) is 0 Å². The van der Waals surface area contributed by atoms with Crippen molar-refractivity contribution in [3.63, 3.8) is 0 Å². The predicted molar refractivity (Wildman–Crippen MR) is 66.3 cm³/mol. The molecule has 0 atom stereocenters. The third-order valence-corrected chi connectivity index (χ3v) is 4.11. The average molecular weight is 210 g/mol. The van der Waals surface area contributed by atoms with Gasteiger partial charge in [0, 0.05) is 0 Å². The van der Waals surface area contributed by atoms with Gasteiger partial charge >= 0.3 is 0 Å². The number of hydrogen-bond acceptors (Lipinski definition) is 2. The minimum absolute atomic E-state index is 0.570.